The monoisotopic (exact) mass is 431 g/mol. The molecule has 1 N–H and O–H groups in total. The summed E-state index contributed by atoms with van der Waals surface area (Å²) in [5, 5.41) is 5.05. The van der Waals surface area contributed by atoms with E-state index in [2.05, 4.69) is 43.2 Å². The summed E-state index contributed by atoms with van der Waals surface area (Å²) in [6, 6.07) is 8.17. The number of rotatable bonds is 5. The fraction of sp³-hybridized carbons (Fsp3) is 0.300. The molecule has 2 heterocycles. The lowest BCUT2D eigenvalue weighted by Gasteiger charge is -2.18. The van der Waals surface area contributed by atoms with Gasteiger partial charge < -0.3 is 5.32 Å². The average molecular weight is 432 g/mol. The molecule has 3 rings (SSSR count). The van der Waals surface area contributed by atoms with Gasteiger partial charge in [-0.3, -0.25) is 14.5 Å². The Bertz CT molecular complexity index is 913. The topological polar surface area (TPSA) is 62.3 Å². The molecule has 1 fully saturated rings. The van der Waals surface area contributed by atoms with Gasteiger partial charge in [0.25, 0.3) is 5.91 Å². The first-order valence-corrected chi connectivity index (χ1v) is 10.9. The lowest BCUT2D eigenvalue weighted by atomic mass is 9.87. The number of thiocarbonyl (C=S) groups is 1. The van der Waals surface area contributed by atoms with Gasteiger partial charge in [-0.05, 0) is 22.6 Å². The van der Waals surface area contributed by atoms with Gasteiger partial charge in [0.15, 0.2) is 5.13 Å². The van der Waals surface area contributed by atoms with Gasteiger partial charge >= 0.3 is 0 Å². The van der Waals surface area contributed by atoms with Crippen molar-refractivity contribution in [3.8, 4) is 0 Å². The molecule has 0 bridgehead atoms. The predicted octanol–water partition coefficient (Wildman–Crippen LogP) is 4.67. The van der Waals surface area contributed by atoms with Crippen LogP contribution < -0.4 is 5.32 Å². The Morgan fingerprint density at radius 3 is 2.61 bits per heavy atom. The number of thiazole rings is 1. The normalized spacial score (nSPS) is 16.1. The lowest BCUT2D eigenvalue weighted by Crippen LogP contribution is -2.31. The highest BCUT2D eigenvalue weighted by atomic mass is 32.2. The summed E-state index contributed by atoms with van der Waals surface area (Å²) < 4.78 is 0.476. The highest BCUT2D eigenvalue weighted by Gasteiger charge is 2.32. The van der Waals surface area contributed by atoms with E-state index in [4.69, 9.17) is 12.2 Å². The first-order valence-electron chi connectivity index (χ1n) is 8.79. The van der Waals surface area contributed by atoms with Crippen molar-refractivity contribution in [1.29, 1.82) is 0 Å². The molecule has 0 radical (unpaired) electrons. The molecule has 1 aromatic carbocycles. The molecule has 0 atom stereocenters. The Morgan fingerprint density at radius 2 is 2.00 bits per heavy atom. The molecule has 0 saturated carbocycles. The fourth-order valence-corrected chi connectivity index (χ4v) is 4.46. The minimum Gasteiger partial charge on any atom is -0.302 e. The van der Waals surface area contributed by atoms with Crippen LogP contribution in [-0.4, -0.2) is 32.6 Å². The Hall–Kier alpha value is -2.03. The maximum absolute atomic E-state index is 12.7. The maximum Gasteiger partial charge on any atom is 0.266 e. The minimum atomic E-state index is -0.189. The van der Waals surface area contributed by atoms with E-state index in [-0.39, 0.29) is 30.2 Å². The second-order valence-corrected chi connectivity index (χ2v) is 9.91. The molecule has 1 saturated heterocycles. The van der Waals surface area contributed by atoms with Crippen molar-refractivity contribution in [2.24, 2.45) is 0 Å². The zero-order valence-electron chi connectivity index (χ0n) is 15.9. The van der Waals surface area contributed by atoms with Gasteiger partial charge in [-0.25, -0.2) is 4.98 Å². The molecule has 8 heteroatoms. The third kappa shape index (κ3) is 5.06. The number of hydrogen-bond donors (Lipinski definition) is 1. The molecular formula is C20H21N3O2S3. The van der Waals surface area contributed by atoms with Gasteiger partial charge in [-0.15, -0.1) is 11.3 Å². The standard InChI is InChI=1S/C20H21N3O2S3/c1-20(2,3)14-6-4-13(5-7-14)12-15-17(25)23(19(26)28-15)10-8-16(24)22-18-21-9-11-27-18/h4-7,9,11-12H,8,10H2,1-3H3,(H,21,22,24)/b15-12-. The number of hydrogen-bond acceptors (Lipinski definition) is 6. The Labute approximate surface area is 178 Å². The van der Waals surface area contributed by atoms with E-state index in [0.717, 1.165) is 5.56 Å². The largest absolute Gasteiger partial charge is 0.302 e. The number of amides is 2. The van der Waals surface area contributed by atoms with Crippen LogP contribution in [0.1, 0.15) is 38.3 Å². The Kier molecular flexibility index (Phi) is 6.32. The van der Waals surface area contributed by atoms with Crippen molar-refractivity contribution in [3.05, 3.63) is 51.9 Å². The van der Waals surface area contributed by atoms with Gasteiger partial charge in [0.05, 0.1) is 4.91 Å². The van der Waals surface area contributed by atoms with Crippen molar-refractivity contribution in [2.75, 3.05) is 11.9 Å². The SMILES string of the molecule is CC(C)(C)c1ccc(/C=C2\SC(=S)N(CCC(=O)Nc3nccs3)C2=O)cc1. The van der Waals surface area contributed by atoms with Crippen molar-refractivity contribution >= 4 is 62.7 Å². The molecule has 2 aromatic rings. The lowest BCUT2D eigenvalue weighted by molar-refractivity contribution is -0.122. The van der Waals surface area contributed by atoms with Crippen molar-refractivity contribution in [3.63, 3.8) is 0 Å². The van der Waals surface area contributed by atoms with Crippen molar-refractivity contribution in [1.82, 2.24) is 9.88 Å². The van der Waals surface area contributed by atoms with E-state index >= 15 is 0 Å². The predicted molar refractivity (Wildman–Crippen MR) is 120 cm³/mol. The Morgan fingerprint density at radius 1 is 1.29 bits per heavy atom. The smallest absolute Gasteiger partial charge is 0.266 e. The highest BCUT2D eigenvalue weighted by molar-refractivity contribution is 8.26. The van der Waals surface area contributed by atoms with Gasteiger partial charge in [0.1, 0.15) is 4.32 Å². The number of aromatic nitrogens is 1. The first kappa shape index (κ1) is 20.7. The van der Waals surface area contributed by atoms with Crippen LogP contribution in [0.3, 0.4) is 0 Å². The summed E-state index contributed by atoms with van der Waals surface area (Å²) in [4.78, 5) is 30.8. The summed E-state index contributed by atoms with van der Waals surface area (Å²) >= 11 is 7.96. The van der Waals surface area contributed by atoms with Crippen molar-refractivity contribution < 1.29 is 9.59 Å². The van der Waals surface area contributed by atoms with Crippen LogP contribution in [0, 0.1) is 0 Å². The van der Waals surface area contributed by atoms with Gasteiger partial charge in [-0.1, -0.05) is 69.0 Å². The summed E-state index contributed by atoms with van der Waals surface area (Å²) in [5.74, 6) is -0.345. The van der Waals surface area contributed by atoms with Crippen LogP contribution in [-0.2, 0) is 15.0 Å². The highest BCUT2D eigenvalue weighted by Crippen LogP contribution is 2.33. The first-order chi connectivity index (χ1) is 13.2. The molecule has 2 amide bonds. The van der Waals surface area contributed by atoms with Crippen LogP contribution in [0.25, 0.3) is 6.08 Å². The number of anilines is 1. The van der Waals surface area contributed by atoms with Crippen LogP contribution in [0.5, 0.6) is 0 Å². The number of nitrogens with zero attached hydrogens (tertiary/aromatic N) is 2. The quantitative estimate of drug-likeness (QED) is 0.551. The summed E-state index contributed by atoms with van der Waals surface area (Å²) in [6.07, 6.45) is 3.64. The number of carbonyl (C=O) groups is 2. The van der Waals surface area contributed by atoms with Gasteiger partial charge in [0.2, 0.25) is 5.91 Å². The molecule has 1 aliphatic heterocycles. The van der Waals surface area contributed by atoms with E-state index in [9.17, 15) is 9.59 Å². The third-order valence-corrected chi connectivity index (χ3v) is 6.26. The molecule has 146 valence electrons. The van der Waals surface area contributed by atoms with Crippen molar-refractivity contribution in [2.45, 2.75) is 32.6 Å². The van der Waals surface area contributed by atoms with E-state index in [0.29, 0.717) is 14.4 Å². The summed E-state index contributed by atoms with van der Waals surface area (Å²) in [6.45, 7) is 6.75. The molecular weight excluding hydrogens is 410 g/mol. The number of thioether (sulfide) groups is 1. The van der Waals surface area contributed by atoms with Crippen LogP contribution in [0.2, 0.25) is 0 Å². The second kappa shape index (κ2) is 8.55. The zero-order chi connectivity index (χ0) is 20.3. The summed E-state index contributed by atoms with van der Waals surface area (Å²) in [5.41, 5.74) is 2.28. The molecule has 28 heavy (non-hydrogen) atoms. The molecule has 0 unspecified atom stereocenters. The van der Waals surface area contributed by atoms with Gasteiger partial charge in [-0.2, -0.15) is 0 Å². The number of nitrogens with one attached hydrogen (secondary N) is 1. The van der Waals surface area contributed by atoms with E-state index in [1.165, 1.54) is 33.6 Å². The van der Waals surface area contributed by atoms with E-state index < -0.39 is 0 Å². The van der Waals surface area contributed by atoms with E-state index in [1.807, 2.05) is 18.2 Å². The van der Waals surface area contributed by atoms with E-state index in [1.54, 1.807) is 11.6 Å². The molecule has 1 aliphatic rings. The maximum atomic E-state index is 12.7. The number of benzene rings is 1. The van der Waals surface area contributed by atoms with Crippen LogP contribution in [0.15, 0.2) is 40.7 Å². The van der Waals surface area contributed by atoms with Crippen LogP contribution in [0.4, 0.5) is 5.13 Å². The van der Waals surface area contributed by atoms with Crippen LogP contribution >= 0.6 is 35.3 Å². The minimum absolute atomic E-state index is 0.0845. The molecule has 5 nitrogen and oxygen atoms in total. The summed E-state index contributed by atoms with van der Waals surface area (Å²) in [7, 11) is 0. The second-order valence-electron chi connectivity index (χ2n) is 7.34. The number of carbonyl (C=O) groups excluding carboxylic acids is 2. The average Bonchev–Trinajstić information content (AvgIpc) is 3.22. The molecule has 1 aromatic heterocycles. The fourth-order valence-electron chi connectivity index (χ4n) is 2.60. The molecule has 0 aliphatic carbocycles. The van der Waals surface area contributed by atoms with Gasteiger partial charge in [0, 0.05) is 24.5 Å². The zero-order valence-corrected chi connectivity index (χ0v) is 18.3. The Balaban J connectivity index is 1.62. The third-order valence-electron chi connectivity index (χ3n) is 4.19. The molecule has 0 spiro atoms.